The number of β-amino-alcohol motifs (C(OH)–C–C–N with tert-alkyl or cyclic N) is 1. The molecule has 0 fully saturated rings. The molecule has 1 heterocycles. The lowest BCUT2D eigenvalue weighted by molar-refractivity contribution is -0.137. The summed E-state index contributed by atoms with van der Waals surface area (Å²) in [6.45, 7) is 4.38. The zero-order chi connectivity index (χ0) is 16.1. The van der Waals surface area contributed by atoms with E-state index in [1.54, 1.807) is 12.1 Å². The van der Waals surface area contributed by atoms with E-state index in [0.29, 0.717) is 24.0 Å². The van der Waals surface area contributed by atoms with E-state index >= 15 is 0 Å². The molecule has 0 atom stereocenters. The quantitative estimate of drug-likeness (QED) is 0.744. The Morgan fingerprint density at radius 2 is 2.00 bits per heavy atom. The normalized spacial score (nSPS) is 14.5. The van der Waals surface area contributed by atoms with E-state index in [9.17, 15) is 9.59 Å². The second-order valence-corrected chi connectivity index (χ2v) is 5.40. The van der Waals surface area contributed by atoms with Gasteiger partial charge in [-0.2, -0.15) is 0 Å². The summed E-state index contributed by atoms with van der Waals surface area (Å²) >= 11 is 0. The molecule has 6 heteroatoms. The van der Waals surface area contributed by atoms with Crippen LogP contribution in [0.2, 0.25) is 0 Å². The number of amides is 2. The molecule has 0 saturated carbocycles. The SMILES string of the molecule is CC(C)COc1ccccc1NC1=CC(=O)N(CCO)C1=O. The minimum absolute atomic E-state index is 0.00908. The minimum atomic E-state index is -0.447. The maximum atomic E-state index is 12.1. The highest BCUT2D eigenvalue weighted by atomic mass is 16.5. The molecule has 0 saturated heterocycles. The molecular weight excluding hydrogens is 284 g/mol. The third-order valence-electron chi connectivity index (χ3n) is 3.06. The van der Waals surface area contributed by atoms with Gasteiger partial charge in [-0.05, 0) is 18.1 Å². The predicted octanol–water partition coefficient (Wildman–Crippen LogP) is 1.38. The summed E-state index contributed by atoms with van der Waals surface area (Å²) in [4.78, 5) is 24.8. The van der Waals surface area contributed by atoms with E-state index in [4.69, 9.17) is 9.84 Å². The lowest BCUT2D eigenvalue weighted by Gasteiger charge is -2.16. The van der Waals surface area contributed by atoms with Crippen molar-refractivity contribution in [3.05, 3.63) is 36.0 Å². The molecule has 6 nitrogen and oxygen atoms in total. The van der Waals surface area contributed by atoms with Crippen LogP contribution < -0.4 is 10.1 Å². The van der Waals surface area contributed by atoms with Crippen LogP contribution in [0.25, 0.3) is 0 Å². The second kappa shape index (κ2) is 7.09. The smallest absolute Gasteiger partial charge is 0.277 e. The van der Waals surface area contributed by atoms with Gasteiger partial charge in [-0.15, -0.1) is 0 Å². The van der Waals surface area contributed by atoms with Crippen LogP contribution in [0, 0.1) is 5.92 Å². The van der Waals surface area contributed by atoms with Crippen LogP contribution in [-0.4, -0.2) is 41.6 Å². The molecule has 2 N–H and O–H groups in total. The van der Waals surface area contributed by atoms with E-state index < -0.39 is 11.8 Å². The number of aliphatic hydroxyl groups is 1. The molecule has 1 aliphatic rings. The fraction of sp³-hybridized carbons (Fsp3) is 0.375. The largest absolute Gasteiger partial charge is 0.491 e. The van der Waals surface area contributed by atoms with Gasteiger partial charge >= 0.3 is 0 Å². The summed E-state index contributed by atoms with van der Waals surface area (Å²) in [6.07, 6.45) is 1.23. The number of nitrogens with zero attached hydrogens (tertiary/aromatic N) is 1. The number of imide groups is 1. The molecule has 1 aliphatic heterocycles. The molecule has 2 rings (SSSR count). The Morgan fingerprint density at radius 3 is 2.68 bits per heavy atom. The summed E-state index contributed by atoms with van der Waals surface area (Å²) in [5, 5.41) is 11.8. The molecule has 1 aromatic carbocycles. The van der Waals surface area contributed by atoms with Gasteiger partial charge in [0.05, 0.1) is 25.4 Å². The lowest BCUT2D eigenvalue weighted by Crippen LogP contribution is -2.34. The Bertz CT molecular complexity index is 596. The van der Waals surface area contributed by atoms with Gasteiger partial charge in [-0.1, -0.05) is 26.0 Å². The first-order valence-electron chi connectivity index (χ1n) is 7.20. The topological polar surface area (TPSA) is 78.9 Å². The van der Waals surface area contributed by atoms with E-state index in [0.717, 1.165) is 4.90 Å². The van der Waals surface area contributed by atoms with Crippen molar-refractivity contribution < 1.29 is 19.4 Å². The van der Waals surface area contributed by atoms with Crippen LogP contribution in [0.15, 0.2) is 36.0 Å². The highest BCUT2D eigenvalue weighted by Crippen LogP contribution is 2.27. The second-order valence-electron chi connectivity index (χ2n) is 5.40. The van der Waals surface area contributed by atoms with Crippen LogP contribution in [0.5, 0.6) is 5.75 Å². The van der Waals surface area contributed by atoms with Gasteiger partial charge in [0.15, 0.2) is 0 Å². The Hall–Kier alpha value is -2.34. The number of rotatable bonds is 7. The van der Waals surface area contributed by atoms with Crippen molar-refractivity contribution in [2.75, 3.05) is 25.1 Å². The van der Waals surface area contributed by atoms with E-state index in [1.165, 1.54) is 6.08 Å². The molecule has 2 amide bonds. The molecule has 0 aromatic heterocycles. The molecule has 0 aliphatic carbocycles. The van der Waals surface area contributed by atoms with E-state index in [-0.39, 0.29) is 18.8 Å². The van der Waals surface area contributed by atoms with Gasteiger partial charge in [0, 0.05) is 6.08 Å². The van der Waals surface area contributed by atoms with Crippen LogP contribution in [0.1, 0.15) is 13.8 Å². The average Bonchev–Trinajstić information content (AvgIpc) is 2.74. The molecule has 1 aromatic rings. The van der Waals surface area contributed by atoms with Gasteiger partial charge in [-0.3, -0.25) is 14.5 Å². The van der Waals surface area contributed by atoms with Crippen LogP contribution in [-0.2, 0) is 9.59 Å². The molecule has 0 spiro atoms. The molecule has 0 bridgehead atoms. The Labute approximate surface area is 129 Å². The Balaban J connectivity index is 2.13. The first kappa shape index (κ1) is 16.0. The van der Waals surface area contributed by atoms with E-state index in [1.807, 2.05) is 26.0 Å². The van der Waals surface area contributed by atoms with Crippen molar-refractivity contribution in [3.8, 4) is 5.75 Å². The van der Waals surface area contributed by atoms with Crippen molar-refractivity contribution in [3.63, 3.8) is 0 Å². The van der Waals surface area contributed by atoms with Gasteiger partial charge < -0.3 is 15.2 Å². The molecule has 0 unspecified atom stereocenters. The Morgan fingerprint density at radius 1 is 1.27 bits per heavy atom. The first-order chi connectivity index (χ1) is 10.5. The van der Waals surface area contributed by atoms with Crippen molar-refractivity contribution in [2.45, 2.75) is 13.8 Å². The van der Waals surface area contributed by atoms with Gasteiger partial charge in [0.1, 0.15) is 11.4 Å². The fourth-order valence-electron chi connectivity index (χ4n) is 2.01. The highest BCUT2D eigenvalue weighted by molar-refractivity contribution is 6.17. The van der Waals surface area contributed by atoms with Crippen LogP contribution in [0.4, 0.5) is 5.69 Å². The highest BCUT2D eigenvalue weighted by Gasteiger charge is 2.30. The minimum Gasteiger partial charge on any atom is -0.491 e. The number of nitrogens with one attached hydrogen (secondary N) is 1. The number of benzene rings is 1. The zero-order valence-corrected chi connectivity index (χ0v) is 12.7. The number of anilines is 1. The maximum absolute atomic E-state index is 12.1. The first-order valence-corrected chi connectivity index (χ1v) is 7.20. The number of para-hydroxylation sites is 2. The molecular formula is C16H20N2O4. The lowest BCUT2D eigenvalue weighted by atomic mass is 10.2. The number of carbonyl (C=O) groups excluding carboxylic acids is 2. The maximum Gasteiger partial charge on any atom is 0.277 e. The third-order valence-corrected chi connectivity index (χ3v) is 3.06. The average molecular weight is 304 g/mol. The number of ether oxygens (including phenoxy) is 1. The number of carbonyl (C=O) groups is 2. The summed E-state index contributed by atoms with van der Waals surface area (Å²) in [5.74, 6) is 0.125. The van der Waals surface area contributed by atoms with Gasteiger partial charge in [0.2, 0.25) is 0 Å². The number of aliphatic hydroxyl groups excluding tert-OH is 1. The Kier molecular flexibility index (Phi) is 5.16. The van der Waals surface area contributed by atoms with E-state index in [2.05, 4.69) is 5.32 Å². The standard InChI is InChI=1S/C16H20N2O4/c1-11(2)10-22-14-6-4-3-5-12(14)17-13-9-15(20)18(7-8-19)16(13)21/h3-6,9,11,17,19H,7-8,10H2,1-2H3. The van der Waals surface area contributed by atoms with Gasteiger partial charge in [0.25, 0.3) is 11.8 Å². The zero-order valence-electron chi connectivity index (χ0n) is 12.7. The molecule has 22 heavy (non-hydrogen) atoms. The van der Waals surface area contributed by atoms with Crippen molar-refractivity contribution in [1.82, 2.24) is 4.90 Å². The van der Waals surface area contributed by atoms with Crippen LogP contribution in [0.3, 0.4) is 0 Å². The summed E-state index contributed by atoms with van der Waals surface area (Å²) in [7, 11) is 0. The summed E-state index contributed by atoms with van der Waals surface area (Å²) in [6, 6.07) is 7.24. The predicted molar refractivity (Wildman–Crippen MR) is 82.3 cm³/mol. The molecule has 118 valence electrons. The van der Waals surface area contributed by atoms with Crippen molar-refractivity contribution >= 4 is 17.5 Å². The number of hydrogen-bond donors (Lipinski definition) is 2. The summed E-state index contributed by atoms with van der Waals surface area (Å²) < 4.78 is 5.71. The summed E-state index contributed by atoms with van der Waals surface area (Å²) in [5.41, 5.74) is 0.806. The van der Waals surface area contributed by atoms with Gasteiger partial charge in [-0.25, -0.2) is 0 Å². The third kappa shape index (κ3) is 3.65. The monoisotopic (exact) mass is 304 g/mol. The number of hydrogen-bond acceptors (Lipinski definition) is 5. The van der Waals surface area contributed by atoms with Crippen molar-refractivity contribution in [2.24, 2.45) is 5.92 Å². The molecule has 0 radical (unpaired) electrons. The van der Waals surface area contributed by atoms with Crippen molar-refractivity contribution in [1.29, 1.82) is 0 Å². The fourth-order valence-corrected chi connectivity index (χ4v) is 2.01. The van der Waals surface area contributed by atoms with Crippen LogP contribution >= 0.6 is 0 Å².